The van der Waals surface area contributed by atoms with Crippen molar-refractivity contribution >= 4 is 23.6 Å². The molecule has 5 heteroatoms. The van der Waals surface area contributed by atoms with Crippen LogP contribution in [0.4, 0.5) is 0 Å². The molecular formula is C25H31ClN2O2. The van der Waals surface area contributed by atoms with Gasteiger partial charge in [-0.05, 0) is 42.2 Å². The van der Waals surface area contributed by atoms with Gasteiger partial charge < -0.3 is 9.64 Å². The van der Waals surface area contributed by atoms with E-state index in [1.807, 2.05) is 43.3 Å². The van der Waals surface area contributed by atoms with Gasteiger partial charge in [-0.3, -0.25) is 9.69 Å². The molecule has 0 atom stereocenters. The van der Waals surface area contributed by atoms with Crippen LogP contribution in [0.2, 0.25) is 5.02 Å². The Kier molecular flexibility index (Phi) is 8.94. The largest absolute Gasteiger partial charge is 0.466 e. The Morgan fingerprint density at radius 3 is 2.27 bits per heavy atom. The third-order valence-corrected chi connectivity index (χ3v) is 5.65. The minimum Gasteiger partial charge on any atom is -0.466 e. The number of carbonyl (C=O) groups excluding carboxylic acids is 1. The first kappa shape index (κ1) is 22.5. The Morgan fingerprint density at radius 1 is 0.967 bits per heavy atom. The van der Waals surface area contributed by atoms with Crippen LogP contribution in [-0.4, -0.2) is 61.6 Å². The van der Waals surface area contributed by atoms with Crippen LogP contribution in [0.3, 0.4) is 0 Å². The first-order valence-corrected chi connectivity index (χ1v) is 11.1. The van der Waals surface area contributed by atoms with Gasteiger partial charge in [0, 0.05) is 44.3 Å². The third kappa shape index (κ3) is 7.60. The zero-order valence-electron chi connectivity index (χ0n) is 17.7. The fourth-order valence-electron chi connectivity index (χ4n) is 3.60. The van der Waals surface area contributed by atoms with Crippen molar-refractivity contribution in [3.8, 4) is 0 Å². The molecule has 1 saturated heterocycles. The molecule has 2 aromatic rings. The fourth-order valence-corrected chi connectivity index (χ4v) is 3.72. The van der Waals surface area contributed by atoms with E-state index in [4.69, 9.17) is 16.3 Å². The van der Waals surface area contributed by atoms with Crippen molar-refractivity contribution in [1.82, 2.24) is 9.80 Å². The van der Waals surface area contributed by atoms with Crippen LogP contribution in [0.5, 0.6) is 0 Å². The molecule has 2 aromatic carbocycles. The lowest BCUT2D eigenvalue weighted by atomic mass is 10.1. The molecule has 1 fully saturated rings. The molecule has 1 aliphatic rings. The number of carbonyl (C=O) groups is 1. The summed E-state index contributed by atoms with van der Waals surface area (Å²) in [7, 11) is 0. The lowest BCUT2D eigenvalue weighted by Gasteiger charge is -2.34. The Hall–Kier alpha value is -2.14. The summed E-state index contributed by atoms with van der Waals surface area (Å²) >= 11 is 5.93. The molecular weight excluding hydrogens is 396 g/mol. The molecule has 0 saturated carbocycles. The van der Waals surface area contributed by atoms with E-state index < -0.39 is 0 Å². The molecule has 0 radical (unpaired) electrons. The normalized spacial score (nSPS) is 15.5. The Labute approximate surface area is 185 Å². The van der Waals surface area contributed by atoms with E-state index in [-0.39, 0.29) is 5.97 Å². The van der Waals surface area contributed by atoms with Gasteiger partial charge in [0.1, 0.15) is 0 Å². The molecule has 1 heterocycles. The van der Waals surface area contributed by atoms with Crippen molar-refractivity contribution in [2.45, 2.75) is 19.8 Å². The molecule has 30 heavy (non-hydrogen) atoms. The number of rotatable bonds is 9. The standard InChI is InChI=1S/C25H31ClN2O2/c1-2-30-25(29)20-23-7-5-22(6-8-23)13-15-28-18-16-27(17-19-28)14-3-4-21-9-11-24(26)12-10-21/h3-12H,2,13-20H2,1H3. The van der Waals surface area contributed by atoms with E-state index in [0.717, 1.165) is 56.3 Å². The molecule has 4 nitrogen and oxygen atoms in total. The van der Waals surface area contributed by atoms with Crippen LogP contribution in [0, 0.1) is 0 Å². The highest BCUT2D eigenvalue weighted by molar-refractivity contribution is 6.30. The van der Waals surface area contributed by atoms with E-state index in [2.05, 4.69) is 34.1 Å². The average molecular weight is 427 g/mol. The third-order valence-electron chi connectivity index (χ3n) is 5.40. The van der Waals surface area contributed by atoms with Crippen LogP contribution in [0.15, 0.2) is 54.6 Å². The smallest absolute Gasteiger partial charge is 0.310 e. The molecule has 0 aliphatic carbocycles. The predicted molar refractivity (Wildman–Crippen MR) is 124 cm³/mol. The van der Waals surface area contributed by atoms with Gasteiger partial charge in [0.05, 0.1) is 13.0 Å². The molecule has 0 unspecified atom stereocenters. The summed E-state index contributed by atoms with van der Waals surface area (Å²) in [5, 5.41) is 0.774. The topological polar surface area (TPSA) is 32.8 Å². The van der Waals surface area contributed by atoms with E-state index in [0.29, 0.717) is 13.0 Å². The van der Waals surface area contributed by atoms with E-state index >= 15 is 0 Å². The van der Waals surface area contributed by atoms with Crippen LogP contribution in [-0.2, 0) is 22.4 Å². The van der Waals surface area contributed by atoms with Gasteiger partial charge in [-0.1, -0.05) is 60.2 Å². The maximum Gasteiger partial charge on any atom is 0.310 e. The van der Waals surface area contributed by atoms with Crippen molar-refractivity contribution in [3.63, 3.8) is 0 Å². The SMILES string of the molecule is CCOC(=O)Cc1ccc(CCN2CCN(CC=Cc3ccc(Cl)cc3)CC2)cc1. The molecule has 3 rings (SSSR count). The van der Waals surface area contributed by atoms with Crippen LogP contribution in [0.1, 0.15) is 23.6 Å². The number of esters is 1. The summed E-state index contributed by atoms with van der Waals surface area (Å²) in [6.45, 7) is 8.74. The summed E-state index contributed by atoms with van der Waals surface area (Å²) in [6.07, 6.45) is 5.78. The highest BCUT2D eigenvalue weighted by atomic mass is 35.5. The first-order chi connectivity index (χ1) is 14.6. The second-order valence-electron chi connectivity index (χ2n) is 7.64. The highest BCUT2D eigenvalue weighted by Gasteiger charge is 2.15. The van der Waals surface area contributed by atoms with E-state index in [9.17, 15) is 4.79 Å². The number of piperazine rings is 1. The summed E-state index contributed by atoms with van der Waals surface area (Å²) in [5.74, 6) is -0.161. The van der Waals surface area contributed by atoms with Crippen molar-refractivity contribution in [2.24, 2.45) is 0 Å². The number of benzene rings is 2. The maximum atomic E-state index is 11.6. The van der Waals surface area contributed by atoms with Crippen molar-refractivity contribution in [1.29, 1.82) is 0 Å². The summed E-state index contributed by atoms with van der Waals surface area (Å²) < 4.78 is 5.00. The predicted octanol–water partition coefficient (Wildman–Crippen LogP) is 4.32. The van der Waals surface area contributed by atoms with Gasteiger partial charge in [-0.2, -0.15) is 0 Å². The maximum absolute atomic E-state index is 11.6. The number of halogens is 1. The van der Waals surface area contributed by atoms with Crippen LogP contribution >= 0.6 is 11.6 Å². The molecule has 160 valence electrons. The Balaban J connectivity index is 1.34. The number of nitrogens with zero attached hydrogens (tertiary/aromatic N) is 2. The Morgan fingerprint density at radius 2 is 1.60 bits per heavy atom. The first-order valence-electron chi connectivity index (χ1n) is 10.7. The number of hydrogen-bond acceptors (Lipinski definition) is 4. The molecule has 0 N–H and O–H groups in total. The quantitative estimate of drug-likeness (QED) is 0.559. The van der Waals surface area contributed by atoms with Gasteiger partial charge in [-0.15, -0.1) is 0 Å². The van der Waals surface area contributed by atoms with Crippen LogP contribution in [0.25, 0.3) is 6.08 Å². The molecule has 1 aliphatic heterocycles. The summed E-state index contributed by atoms with van der Waals surface area (Å²) in [5.41, 5.74) is 3.51. The number of hydrogen-bond donors (Lipinski definition) is 0. The summed E-state index contributed by atoms with van der Waals surface area (Å²) in [4.78, 5) is 16.6. The summed E-state index contributed by atoms with van der Waals surface area (Å²) in [6, 6.07) is 16.3. The van der Waals surface area contributed by atoms with Crippen molar-refractivity contribution in [3.05, 3.63) is 76.3 Å². The van der Waals surface area contributed by atoms with Gasteiger partial charge in [-0.25, -0.2) is 0 Å². The average Bonchev–Trinajstić information content (AvgIpc) is 2.76. The second-order valence-corrected chi connectivity index (χ2v) is 8.08. The van der Waals surface area contributed by atoms with Crippen LogP contribution < -0.4 is 0 Å². The minimum atomic E-state index is -0.161. The van der Waals surface area contributed by atoms with Crippen molar-refractivity contribution < 1.29 is 9.53 Å². The minimum absolute atomic E-state index is 0.161. The van der Waals surface area contributed by atoms with Gasteiger partial charge in [0.15, 0.2) is 0 Å². The molecule has 0 amide bonds. The monoisotopic (exact) mass is 426 g/mol. The molecule has 0 aromatic heterocycles. The zero-order chi connectivity index (χ0) is 21.2. The second kappa shape index (κ2) is 11.9. The van der Waals surface area contributed by atoms with Crippen molar-refractivity contribution in [2.75, 3.05) is 45.9 Å². The zero-order valence-corrected chi connectivity index (χ0v) is 18.5. The van der Waals surface area contributed by atoms with Gasteiger partial charge in [0.2, 0.25) is 0 Å². The highest BCUT2D eigenvalue weighted by Crippen LogP contribution is 2.12. The van der Waals surface area contributed by atoms with E-state index in [1.165, 1.54) is 11.1 Å². The Bertz CT molecular complexity index is 810. The van der Waals surface area contributed by atoms with Gasteiger partial charge >= 0.3 is 5.97 Å². The van der Waals surface area contributed by atoms with E-state index in [1.54, 1.807) is 0 Å². The molecule has 0 bridgehead atoms. The number of ether oxygens (including phenoxy) is 1. The van der Waals surface area contributed by atoms with Gasteiger partial charge in [0.25, 0.3) is 0 Å². The fraction of sp³-hybridized carbons (Fsp3) is 0.400. The lowest BCUT2D eigenvalue weighted by molar-refractivity contribution is -0.142. The lowest BCUT2D eigenvalue weighted by Crippen LogP contribution is -2.46. The molecule has 0 spiro atoms.